The van der Waals surface area contributed by atoms with Gasteiger partial charge in [-0.1, -0.05) is 45.2 Å². The van der Waals surface area contributed by atoms with Gasteiger partial charge in [-0.15, -0.1) is 0 Å². The molecular weight excluding hydrogens is 436 g/mol. The van der Waals surface area contributed by atoms with Gasteiger partial charge in [0, 0.05) is 48.7 Å². The van der Waals surface area contributed by atoms with Gasteiger partial charge in [-0.05, 0) is 62.0 Å². The van der Waals surface area contributed by atoms with Gasteiger partial charge in [0.1, 0.15) is 0 Å². The number of aromatic amines is 1. The Morgan fingerprint density at radius 2 is 1.86 bits per heavy atom. The van der Waals surface area contributed by atoms with E-state index < -0.39 is 0 Å². The highest BCUT2D eigenvalue weighted by atomic mass is 16.2. The Hall–Kier alpha value is -2.86. The Kier molecular flexibility index (Phi) is 6.83. The van der Waals surface area contributed by atoms with E-state index in [1.54, 1.807) is 0 Å². The number of carbonyl (C=O) groups is 2. The molecule has 1 saturated carbocycles. The van der Waals surface area contributed by atoms with Crippen LogP contribution in [-0.4, -0.2) is 59.3 Å². The summed E-state index contributed by atoms with van der Waals surface area (Å²) >= 11 is 0. The van der Waals surface area contributed by atoms with E-state index in [0.717, 1.165) is 72.9 Å². The Bertz CT molecular complexity index is 1150. The van der Waals surface area contributed by atoms with Crippen molar-refractivity contribution < 1.29 is 9.59 Å². The number of nitrogens with zero attached hydrogens (tertiary/aromatic N) is 2. The molecule has 3 heterocycles. The van der Waals surface area contributed by atoms with Crippen molar-refractivity contribution in [1.29, 1.82) is 0 Å². The summed E-state index contributed by atoms with van der Waals surface area (Å²) in [5.74, 6) is 0.562. The van der Waals surface area contributed by atoms with Gasteiger partial charge in [-0.3, -0.25) is 9.59 Å². The number of anilines is 1. The summed E-state index contributed by atoms with van der Waals surface area (Å²) in [7, 11) is 0. The zero-order chi connectivity index (χ0) is 24.5. The maximum Gasteiger partial charge on any atom is 0.256 e. The van der Waals surface area contributed by atoms with Crippen LogP contribution in [0.3, 0.4) is 0 Å². The Balaban J connectivity index is 1.45. The second kappa shape index (κ2) is 10.0. The number of amides is 2. The Morgan fingerprint density at radius 3 is 2.60 bits per heavy atom. The summed E-state index contributed by atoms with van der Waals surface area (Å²) in [6.07, 6.45) is 8.98. The van der Waals surface area contributed by atoms with Crippen LogP contribution in [0.4, 0.5) is 5.69 Å². The van der Waals surface area contributed by atoms with Crippen molar-refractivity contribution in [3.05, 3.63) is 51.8 Å². The first-order valence-electron chi connectivity index (χ1n) is 13.4. The van der Waals surface area contributed by atoms with Gasteiger partial charge in [-0.2, -0.15) is 0 Å². The molecule has 0 bridgehead atoms. The molecule has 0 unspecified atom stereocenters. The van der Waals surface area contributed by atoms with Crippen LogP contribution >= 0.6 is 0 Å². The number of nitrogens with one attached hydrogen (secondary N) is 2. The van der Waals surface area contributed by atoms with E-state index in [2.05, 4.69) is 41.2 Å². The largest absolute Gasteiger partial charge is 0.358 e. The maximum atomic E-state index is 13.4. The lowest BCUT2D eigenvalue weighted by atomic mass is 9.80. The molecule has 35 heavy (non-hydrogen) atoms. The predicted molar refractivity (Wildman–Crippen MR) is 142 cm³/mol. The number of likely N-dealkylation sites (N-methyl/N-ethyl adjacent to an activating group) is 1. The van der Waals surface area contributed by atoms with Crippen LogP contribution in [0.25, 0.3) is 11.6 Å². The van der Waals surface area contributed by atoms with Gasteiger partial charge in [0.05, 0.1) is 11.1 Å². The van der Waals surface area contributed by atoms with Crippen LogP contribution in [0.15, 0.2) is 18.2 Å². The van der Waals surface area contributed by atoms with Crippen molar-refractivity contribution in [2.24, 2.45) is 0 Å². The van der Waals surface area contributed by atoms with Crippen LogP contribution in [0.2, 0.25) is 0 Å². The van der Waals surface area contributed by atoms with Crippen LogP contribution in [0.1, 0.15) is 90.3 Å². The number of hydrogen-bond donors (Lipinski definition) is 2. The van der Waals surface area contributed by atoms with Crippen LogP contribution in [0, 0.1) is 6.92 Å². The molecular formula is C29H38N4O2. The molecule has 0 atom stereocenters. The van der Waals surface area contributed by atoms with Gasteiger partial charge in [0.15, 0.2) is 0 Å². The first-order chi connectivity index (χ1) is 17.0. The van der Waals surface area contributed by atoms with Gasteiger partial charge in [0.25, 0.3) is 11.8 Å². The van der Waals surface area contributed by atoms with Crippen molar-refractivity contribution in [3.63, 3.8) is 0 Å². The SMILES string of the molecule is CCN(CC)CCN1CCc2[nH]c(/C=C3\C(=O)Nc4cccc(C5CCCCC5)c43)c(C)c2C1=O. The van der Waals surface area contributed by atoms with E-state index in [1.165, 1.54) is 37.7 Å². The van der Waals surface area contributed by atoms with E-state index in [9.17, 15) is 9.59 Å². The molecule has 0 saturated heterocycles. The zero-order valence-electron chi connectivity index (χ0n) is 21.4. The van der Waals surface area contributed by atoms with Crippen molar-refractivity contribution >= 4 is 29.2 Å². The Labute approximate surface area is 208 Å². The molecule has 0 radical (unpaired) electrons. The number of rotatable bonds is 7. The average molecular weight is 475 g/mol. The topological polar surface area (TPSA) is 68.4 Å². The number of hydrogen-bond acceptors (Lipinski definition) is 3. The minimum atomic E-state index is -0.0533. The third kappa shape index (κ3) is 4.44. The van der Waals surface area contributed by atoms with E-state index in [-0.39, 0.29) is 11.8 Å². The molecule has 1 fully saturated rings. The van der Waals surface area contributed by atoms with E-state index in [1.807, 2.05) is 24.0 Å². The fraction of sp³-hybridized carbons (Fsp3) is 0.517. The molecule has 2 aromatic rings. The number of benzene rings is 1. The van der Waals surface area contributed by atoms with Gasteiger partial charge < -0.3 is 20.1 Å². The van der Waals surface area contributed by atoms with E-state index >= 15 is 0 Å². The number of aromatic nitrogens is 1. The van der Waals surface area contributed by atoms with Crippen molar-refractivity contribution in [1.82, 2.24) is 14.8 Å². The lowest BCUT2D eigenvalue weighted by Gasteiger charge is -2.29. The second-order valence-corrected chi connectivity index (χ2v) is 10.2. The number of H-pyrrole nitrogens is 1. The minimum absolute atomic E-state index is 0.0533. The smallest absolute Gasteiger partial charge is 0.256 e. The summed E-state index contributed by atoms with van der Waals surface area (Å²) < 4.78 is 0. The van der Waals surface area contributed by atoms with Gasteiger partial charge in [-0.25, -0.2) is 0 Å². The molecule has 0 spiro atoms. The number of fused-ring (bicyclic) bond motifs is 2. The van der Waals surface area contributed by atoms with Crippen LogP contribution < -0.4 is 5.32 Å². The van der Waals surface area contributed by atoms with Gasteiger partial charge >= 0.3 is 0 Å². The van der Waals surface area contributed by atoms with Gasteiger partial charge in [0.2, 0.25) is 0 Å². The molecule has 2 N–H and O–H groups in total. The third-order valence-electron chi connectivity index (χ3n) is 8.27. The summed E-state index contributed by atoms with van der Waals surface area (Å²) in [4.78, 5) is 34.3. The molecule has 1 aromatic heterocycles. The lowest BCUT2D eigenvalue weighted by molar-refractivity contribution is -0.110. The minimum Gasteiger partial charge on any atom is -0.358 e. The monoisotopic (exact) mass is 474 g/mol. The lowest BCUT2D eigenvalue weighted by Crippen LogP contribution is -2.42. The Morgan fingerprint density at radius 1 is 1.09 bits per heavy atom. The summed E-state index contributed by atoms with van der Waals surface area (Å²) in [5, 5.41) is 3.08. The third-order valence-corrected chi connectivity index (χ3v) is 8.27. The van der Waals surface area contributed by atoms with Crippen LogP contribution in [0.5, 0.6) is 0 Å². The summed E-state index contributed by atoms with van der Waals surface area (Å²) in [6.45, 7) is 10.7. The molecule has 5 rings (SSSR count). The van der Waals surface area contributed by atoms with Crippen LogP contribution in [-0.2, 0) is 11.2 Å². The van der Waals surface area contributed by atoms with Crippen molar-refractivity contribution in [2.45, 2.75) is 65.2 Å². The fourth-order valence-corrected chi connectivity index (χ4v) is 6.14. The zero-order valence-corrected chi connectivity index (χ0v) is 21.4. The second-order valence-electron chi connectivity index (χ2n) is 10.2. The standard InChI is InChI=1S/C29H38N4O2/c1-4-32(5-2)16-17-33-15-14-24-26(29(33)35)19(3)25(30-24)18-22-27-21(20-10-7-6-8-11-20)12-9-13-23(27)31-28(22)34/h9,12-13,18,20,30H,4-8,10-11,14-17H2,1-3H3,(H,31,34)/b22-18-. The quantitative estimate of drug-likeness (QED) is 0.542. The first kappa shape index (κ1) is 23.9. The van der Waals surface area contributed by atoms with Crippen molar-refractivity contribution in [2.75, 3.05) is 38.0 Å². The molecule has 2 amide bonds. The molecule has 186 valence electrons. The predicted octanol–water partition coefficient (Wildman–Crippen LogP) is 5.20. The average Bonchev–Trinajstić information content (AvgIpc) is 3.37. The highest BCUT2D eigenvalue weighted by Gasteiger charge is 2.32. The maximum absolute atomic E-state index is 13.4. The van der Waals surface area contributed by atoms with Crippen molar-refractivity contribution in [3.8, 4) is 0 Å². The normalized spacial score (nSPS) is 19.4. The van der Waals surface area contributed by atoms with E-state index in [0.29, 0.717) is 11.5 Å². The highest BCUT2D eigenvalue weighted by Crippen LogP contribution is 2.43. The number of carbonyl (C=O) groups excluding carboxylic acids is 2. The molecule has 2 aliphatic heterocycles. The first-order valence-corrected chi connectivity index (χ1v) is 13.4. The molecule has 1 aromatic carbocycles. The molecule has 6 heteroatoms. The molecule has 1 aliphatic carbocycles. The molecule has 6 nitrogen and oxygen atoms in total. The molecule has 3 aliphatic rings. The summed E-state index contributed by atoms with van der Waals surface area (Å²) in [5.41, 5.74) is 7.60. The fourth-order valence-electron chi connectivity index (χ4n) is 6.14. The van der Waals surface area contributed by atoms with E-state index in [4.69, 9.17) is 0 Å². The highest BCUT2D eigenvalue weighted by molar-refractivity contribution is 6.35. The summed E-state index contributed by atoms with van der Waals surface area (Å²) in [6, 6.07) is 6.27.